The van der Waals surface area contributed by atoms with Crippen LogP contribution in [0.5, 0.6) is 0 Å². The molecule has 0 spiro atoms. The maximum absolute atomic E-state index is 12.1. The minimum Gasteiger partial charge on any atom is -0.469 e. The van der Waals surface area contributed by atoms with Gasteiger partial charge in [0.05, 0.1) is 46.7 Å². The van der Waals surface area contributed by atoms with E-state index in [2.05, 4.69) is 9.47 Å². The number of unbranched alkanes of at least 4 members (excludes halogenated alkanes) is 4. The van der Waals surface area contributed by atoms with Gasteiger partial charge in [-0.3, -0.25) is 19.2 Å². The maximum atomic E-state index is 12.1. The zero-order valence-electron chi connectivity index (χ0n) is 16.1. The molecule has 0 N–H and O–H groups in total. The van der Waals surface area contributed by atoms with Crippen LogP contribution in [0, 0.1) is 11.8 Å². The minimum absolute atomic E-state index is 0.223. The number of methoxy groups -OCH3 is 4. The lowest BCUT2D eigenvalue weighted by atomic mass is 9.85. The van der Waals surface area contributed by atoms with Gasteiger partial charge in [-0.2, -0.15) is 0 Å². The van der Waals surface area contributed by atoms with Gasteiger partial charge in [0, 0.05) is 6.42 Å². The summed E-state index contributed by atoms with van der Waals surface area (Å²) in [5.74, 6) is -3.68. The van der Waals surface area contributed by atoms with Crippen molar-refractivity contribution in [3.8, 4) is 0 Å². The van der Waals surface area contributed by atoms with Gasteiger partial charge in [0.15, 0.2) is 0 Å². The lowest BCUT2D eigenvalue weighted by Gasteiger charge is -2.22. The molecule has 0 saturated carbocycles. The smallest absolute Gasteiger partial charge is 0.310 e. The summed E-state index contributed by atoms with van der Waals surface area (Å²) in [4.78, 5) is 46.7. The molecule has 8 nitrogen and oxygen atoms in total. The lowest BCUT2D eigenvalue weighted by molar-refractivity contribution is -0.161. The predicted molar refractivity (Wildman–Crippen MR) is 92.0 cm³/mol. The largest absolute Gasteiger partial charge is 0.469 e. The van der Waals surface area contributed by atoms with Gasteiger partial charge in [0.1, 0.15) is 0 Å². The lowest BCUT2D eigenvalue weighted by Crippen LogP contribution is -2.33. The average Bonchev–Trinajstić information content (AvgIpc) is 2.66. The first-order valence-electron chi connectivity index (χ1n) is 8.70. The Morgan fingerprint density at radius 2 is 1.12 bits per heavy atom. The molecule has 0 radical (unpaired) electrons. The molecule has 0 heterocycles. The van der Waals surface area contributed by atoms with Gasteiger partial charge < -0.3 is 18.9 Å². The van der Waals surface area contributed by atoms with Crippen molar-refractivity contribution in [2.24, 2.45) is 11.8 Å². The van der Waals surface area contributed by atoms with E-state index in [1.54, 1.807) is 0 Å². The van der Waals surface area contributed by atoms with E-state index in [1.807, 2.05) is 0 Å². The fraction of sp³-hybridized carbons (Fsp3) is 0.778. The van der Waals surface area contributed by atoms with Crippen LogP contribution in [-0.2, 0) is 38.1 Å². The molecule has 0 fully saturated rings. The van der Waals surface area contributed by atoms with Crippen LogP contribution in [0.25, 0.3) is 0 Å². The third-order valence-corrected chi connectivity index (χ3v) is 4.23. The Morgan fingerprint density at radius 1 is 0.615 bits per heavy atom. The summed E-state index contributed by atoms with van der Waals surface area (Å²) in [6.45, 7) is 0. The molecule has 0 aromatic rings. The molecule has 26 heavy (non-hydrogen) atoms. The third-order valence-electron chi connectivity index (χ3n) is 4.23. The van der Waals surface area contributed by atoms with Crippen LogP contribution in [-0.4, -0.2) is 52.3 Å². The molecule has 0 amide bonds. The van der Waals surface area contributed by atoms with Gasteiger partial charge in [-0.25, -0.2) is 0 Å². The van der Waals surface area contributed by atoms with E-state index in [-0.39, 0.29) is 12.4 Å². The number of carbonyl (C=O) groups is 4. The zero-order valence-corrected chi connectivity index (χ0v) is 16.1. The molecule has 0 aromatic heterocycles. The van der Waals surface area contributed by atoms with Crippen molar-refractivity contribution >= 4 is 23.9 Å². The van der Waals surface area contributed by atoms with Crippen molar-refractivity contribution in [2.45, 2.75) is 51.4 Å². The number of hydrogen-bond acceptors (Lipinski definition) is 8. The first-order valence-corrected chi connectivity index (χ1v) is 8.70. The van der Waals surface area contributed by atoms with Crippen molar-refractivity contribution in [1.29, 1.82) is 0 Å². The Hall–Kier alpha value is -2.12. The number of ether oxygens (including phenoxy) is 4. The molecule has 8 heteroatoms. The van der Waals surface area contributed by atoms with Gasteiger partial charge in [-0.05, 0) is 12.8 Å². The highest BCUT2D eigenvalue weighted by atomic mass is 16.5. The van der Waals surface area contributed by atoms with E-state index in [0.717, 1.165) is 25.7 Å². The molecule has 150 valence electrons. The molecule has 0 aliphatic heterocycles. The van der Waals surface area contributed by atoms with Gasteiger partial charge >= 0.3 is 23.9 Å². The highest BCUT2D eigenvalue weighted by Crippen LogP contribution is 2.26. The number of esters is 4. The van der Waals surface area contributed by atoms with E-state index >= 15 is 0 Å². The number of rotatable bonds is 13. The predicted octanol–water partition coefficient (Wildman–Crippen LogP) is 2.03. The van der Waals surface area contributed by atoms with E-state index in [1.165, 1.54) is 28.4 Å². The summed E-state index contributed by atoms with van der Waals surface area (Å²) < 4.78 is 18.7. The first-order chi connectivity index (χ1) is 12.4. The standard InChI is InChI=1S/C18H30O8/c1-23-15(19)11-9-7-5-6-8-10-13(17(21)25-3)14(18(22)26-4)12-16(20)24-2/h13-14H,5-12H2,1-4H3. The number of hydrogen-bond donors (Lipinski definition) is 0. The Kier molecular flexibility index (Phi) is 12.9. The maximum Gasteiger partial charge on any atom is 0.310 e. The van der Waals surface area contributed by atoms with Crippen molar-refractivity contribution < 1.29 is 38.1 Å². The van der Waals surface area contributed by atoms with Crippen LogP contribution >= 0.6 is 0 Å². The molecule has 0 aromatic carbocycles. The second kappa shape index (κ2) is 14.1. The normalized spacial score (nSPS) is 12.6. The van der Waals surface area contributed by atoms with Crippen molar-refractivity contribution in [3.05, 3.63) is 0 Å². The van der Waals surface area contributed by atoms with Crippen LogP contribution in [0.2, 0.25) is 0 Å². The van der Waals surface area contributed by atoms with Gasteiger partial charge in [-0.1, -0.05) is 25.7 Å². The summed E-state index contributed by atoms with van der Waals surface area (Å²) in [6.07, 6.45) is 4.60. The molecule has 2 atom stereocenters. The molecule has 0 saturated heterocycles. The SMILES string of the molecule is COC(=O)CCCCCCCC(C(=O)OC)C(CC(=O)OC)C(=O)OC. The van der Waals surface area contributed by atoms with Crippen molar-refractivity contribution in [1.82, 2.24) is 0 Å². The molecule has 2 unspecified atom stereocenters. The van der Waals surface area contributed by atoms with Crippen LogP contribution < -0.4 is 0 Å². The highest BCUT2D eigenvalue weighted by Gasteiger charge is 2.36. The fourth-order valence-corrected chi connectivity index (χ4v) is 2.70. The Balaban J connectivity index is 4.57. The zero-order chi connectivity index (χ0) is 19.9. The highest BCUT2D eigenvalue weighted by molar-refractivity contribution is 5.85. The van der Waals surface area contributed by atoms with Crippen LogP contribution in [0.4, 0.5) is 0 Å². The van der Waals surface area contributed by atoms with Crippen LogP contribution in [0.1, 0.15) is 51.4 Å². The van der Waals surface area contributed by atoms with Crippen molar-refractivity contribution in [3.63, 3.8) is 0 Å². The Bertz CT molecular complexity index is 460. The van der Waals surface area contributed by atoms with Gasteiger partial charge in [0.25, 0.3) is 0 Å². The second-order valence-corrected chi connectivity index (χ2v) is 5.92. The topological polar surface area (TPSA) is 105 Å². The van der Waals surface area contributed by atoms with Gasteiger partial charge in [0.2, 0.25) is 0 Å². The minimum atomic E-state index is -0.931. The van der Waals surface area contributed by atoms with Gasteiger partial charge in [-0.15, -0.1) is 0 Å². The summed E-state index contributed by atoms with van der Waals surface area (Å²) in [5, 5.41) is 0. The van der Waals surface area contributed by atoms with E-state index in [4.69, 9.17) is 9.47 Å². The Labute approximate surface area is 154 Å². The summed E-state index contributed by atoms with van der Waals surface area (Å²) in [5.41, 5.74) is 0. The first kappa shape index (κ1) is 23.9. The third kappa shape index (κ3) is 9.39. The number of carbonyl (C=O) groups excluding carboxylic acids is 4. The summed E-state index contributed by atoms with van der Waals surface area (Å²) in [7, 11) is 5.04. The Morgan fingerprint density at radius 3 is 1.65 bits per heavy atom. The van der Waals surface area contributed by atoms with Crippen LogP contribution in [0.15, 0.2) is 0 Å². The second-order valence-electron chi connectivity index (χ2n) is 5.92. The summed E-state index contributed by atoms with van der Waals surface area (Å²) in [6, 6.07) is 0. The molecule has 0 aliphatic carbocycles. The quantitative estimate of drug-likeness (QED) is 0.274. The summed E-state index contributed by atoms with van der Waals surface area (Å²) >= 11 is 0. The molecule has 0 rings (SSSR count). The van der Waals surface area contributed by atoms with Crippen LogP contribution in [0.3, 0.4) is 0 Å². The van der Waals surface area contributed by atoms with Crippen molar-refractivity contribution in [2.75, 3.05) is 28.4 Å². The molecule has 0 bridgehead atoms. The fourth-order valence-electron chi connectivity index (χ4n) is 2.70. The van der Waals surface area contributed by atoms with E-state index in [9.17, 15) is 19.2 Å². The van der Waals surface area contributed by atoms with E-state index < -0.39 is 29.7 Å². The molecular formula is C18H30O8. The molecular weight excluding hydrogens is 344 g/mol. The monoisotopic (exact) mass is 374 g/mol. The average molecular weight is 374 g/mol. The molecule has 0 aliphatic rings. The van der Waals surface area contributed by atoms with E-state index in [0.29, 0.717) is 19.3 Å².